The number of hydrogen-bond acceptors (Lipinski definition) is 5. The van der Waals surface area contributed by atoms with Crippen molar-refractivity contribution in [1.82, 2.24) is 0 Å². The van der Waals surface area contributed by atoms with E-state index in [4.69, 9.17) is 9.47 Å². The highest BCUT2D eigenvalue weighted by atomic mass is 16.6. The fourth-order valence-electron chi connectivity index (χ4n) is 1.49. The van der Waals surface area contributed by atoms with Gasteiger partial charge in [0.15, 0.2) is 6.10 Å². The maximum absolute atomic E-state index is 11.3. The zero-order valence-electron chi connectivity index (χ0n) is 11.0. The van der Waals surface area contributed by atoms with Crippen molar-refractivity contribution in [2.75, 3.05) is 14.2 Å². The zero-order valence-corrected chi connectivity index (χ0v) is 11.0. The van der Waals surface area contributed by atoms with Gasteiger partial charge in [0, 0.05) is 11.6 Å². The van der Waals surface area contributed by atoms with Crippen LogP contribution < -0.4 is 9.47 Å². The molecule has 2 atom stereocenters. The fourth-order valence-corrected chi connectivity index (χ4v) is 1.49. The van der Waals surface area contributed by atoms with Crippen molar-refractivity contribution < 1.29 is 24.1 Å². The third-order valence-electron chi connectivity index (χ3n) is 2.51. The van der Waals surface area contributed by atoms with Crippen LogP contribution in [-0.4, -0.2) is 31.4 Å². The molecule has 0 fully saturated rings. The highest BCUT2D eigenvalue weighted by Crippen LogP contribution is 2.30. The van der Waals surface area contributed by atoms with Crippen LogP contribution in [0, 0.1) is 0 Å². The number of hydrogen-bond donors (Lipinski definition) is 1. The number of carbonyl (C=O) groups is 1. The van der Waals surface area contributed by atoms with Gasteiger partial charge in [0.05, 0.1) is 20.3 Å². The number of ether oxygens (including phenoxy) is 3. The van der Waals surface area contributed by atoms with Gasteiger partial charge >= 0.3 is 5.97 Å². The van der Waals surface area contributed by atoms with Crippen LogP contribution in [0.15, 0.2) is 18.2 Å². The molecule has 1 aromatic carbocycles. The molecule has 0 spiro atoms. The Morgan fingerprint density at radius 1 is 1.28 bits per heavy atom. The lowest BCUT2D eigenvalue weighted by atomic mass is 10.1. The van der Waals surface area contributed by atoms with E-state index in [-0.39, 0.29) is 0 Å². The second-order valence-electron chi connectivity index (χ2n) is 3.86. The van der Waals surface area contributed by atoms with E-state index in [1.807, 2.05) is 0 Å². The molecular weight excluding hydrogens is 236 g/mol. The average molecular weight is 254 g/mol. The molecule has 0 aliphatic rings. The van der Waals surface area contributed by atoms with Gasteiger partial charge in [0.1, 0.15) is 11.5 Å². The predicted molar refractivity (Wildman–Crippen MR) is 65.7 cm³/mol. The molecule has 0 saturated carbocycles. The summed E-state index contributed by atoms with van der Waals surface area (Å²) in [6.45, 7) is 3.20. The van der Waals surface area contributed by atoms with Gasteiger partial charge in [-0.3, -0.25) is 0 Å². The monoisotopic (exact) mass is 254 g/mol. The first-order chi connectivity index (χ1) is 8.49. The highest BCUT2D eigenvalue weighted by Gasteiger charge is 2.18. The van der Waals surface area contributed by atoms with Crippen molar-refractivity contribution >= 4 is 5.97 Å². The molecule has 0 amide bonds. The summed E-state index contributed by atoms with van der Waals surface area (Å²) < 4.78 is 15.2. The molecule has 0 saturated heterocycles. The Morgan fingerprint density at radius 2 is 1.94 bits per heavy atom. The minimum absolute atomic E-state index is 0.405. The molecule has 0 aromatic heterocycles. The van der Waals surface area contributed by atoms with Crippen molar-refractivity contribution in [2.24, 2.45) is 0 Å². The summed E-state index contributed by atoms with van der Waals surface area (Å²) in [5, 5.41) is 9.64. The lowest BCUT2D eigenvalue weighted by Gasteiger charge is -2.17. The SMILES string of the molecule is COC(=O)C(C)Oc1cc(OC)ccc1[C@@H](C)O. The average Bonchev–Trinajstić information content (AvgIpc) is 2.37. The van der Waals surface area contributed by atoms with Crippen molar-refractivity contribution in [2.45, 2.75) is 26.1 Å². The summed E-state index contributed by atoms with van der Waals surface area (Å²) in [5.74, 6) is 0.517. The largest absolute Gasteiger partial charge is 0.497 e. The molecule has 1 rings (SSSR count). The molecule has 5 nitrogen and oxygen atoms in total. The molecule has 1 N–H and O–H groups in total. The summed E-state index contributed by atoms with van der Waals surface area (Å²) >= 11 is 0. The number of esters is 1. The first-order valence-electron chi connectivity index (χ1n) is 5.60. The maximum Gasteiger partial charge on any atom is 0.346 e. The van der Waals surface area contributed by atoms with E-state index in [0.717, 1.165) is 0 Å². The van der Waals surface area contributed by atoms with Gasteiger partial charge in [-0.1, -0.05) is 0 Å². The molecule has 0 bridgehead atoms. The molecule has 1 unspecified atom stereocenters. The van der Waals surface area contributed by atoms with Crippen molar-refractivity contribution in [1.29, 1.82) is 0 Å². The number of rotatable bonds is 5. The molecule has 18 heavy (non-hydrogen) atoms. The van der Waals surface area contributed by atoms with Gasteiger partial charge < -0.3 is 19.3 Å². The van der Waals surface area contributed by atoms with Gasteiger partial charge in [0.25, 0.3) is 0 Å². The first-order valence-corrected chi connectivity index (χ1v) is 5.60. The minimum Gasteiger partial charge on any atom is -0.497 e. The van der Waals surface area contributed by atoms with Crippen molar-refractivity contribution in [3.8, 4) is 11.5 Å². The van der Waals surface area contributed by atoms with E-state index < -0.39 is 18.2 Å². The summed E-state index contributed by atoms with van der Waals surface area (Å²) in [4.78, 5) is 11.3. The molecular formula is C13H18O5. The van der Waals surface area contributed by atoms with Crippen LogP contribution in [0.3, 0.4) is 0 Å². The summed E-state index contributed by atoms with van der Waals surface area (Å²) in [7, 11) is 2.83. The molecule has 5 heteroatoms. The summed E-state index contributed by atoms with van der Waals surface area (Å²) in [5.41, 5.74) is 0.589. The topological polar surface area (TPSA) is 65.0 Å². The Labute approximate surface area is 106 Å². The van der Waals surface area contributed by atoms with E-state index in [2.05, 4.69) is 4.74 Å². The van der Waals surface area contributed by atoms with Crippen LogP contribution in [0.4, 0.5) is 0 Å². The third-order valence-corrected chi connectivity index (χ3v) is 2.51. The zero-order chi connectivity index (χ0) is 13.7. The number of aliphatic hydroxyl groups is 1. The molecule has 1 aromatic rings. The van der Waals surface area contributed by atoms with E-state index >= 15 is 0 Å². The summed E-state index contributed by atoms with van der Waals surface area (Å²) in [6.07, 6.45) is -1.45. The van der Waals surface area contributed by atoms with E-state index in [1.165, 1.54) is 14.2 Å². The summed E-state index contributed by atoms with van der Waals surface area (Å²) in [6, 6.07) is 5.04. The Bertz CT molecular complexity index is 414. The minimum atomic E-state index is -0.750. The van der Waals surface area contributed by atoms with Crippen LogP contribution in [0.5, 0.6) is 11.5 Å². The van der Waals surface area contributed by atoms with Crippen molar-refractivity contribution in [3.63, 3.8) is 0 Å². The van der Waals surface area contributed by atoms with Gasteiger partial charge in [-0.25, -0.2) is 4.79 Å². The van der Waals surface area contributed by atoms with E-state index in [9.17, 15) is 9.90 Å². The number of aliphatic hydroxyl groups excluding tert-OH is 1. The quantitative estimate of drug-likeness (QED) is 0.810. The standard InChI is InChI=1S/C13H18O5/c1-8(14)11-6-5-10(16-3)7-12(11)18-9(2)13(15)17-4/h5-9,14H,1-4H3/t8-,9?/m1/s1. The predicted octanol–water partition coefficient (Wildman–Crippen LogP) is 1.69. The molecule has 0 heterocycles. The number of carbonyl (C=O) groups excluding carboxylic acids is 1. The smallest absolute Gasteiger partial charge is 0.346 e. The van der Waals surface area contributed by atoms with Gasteiger partial charge in [-0.2, -0.15) is 0 Å². The molecule has 0 aliphatic heterocycles. The first kappa shape index (κ1) is 14.3. The fraction of sp³-hybridized carbons (Fsp3) is 0.462. The lowest BCUT2D eigenvalue weighted by Crippen LogP contribution is -2.25. The maximum atomic E-state index is 11.3. The molecule has 0 radical (unpaired) electrons. The third kappa shape index (κ3) is 3.37. The van der Waals surface area contributed by atoms with Crippen LogP contribution in [0.2, 0.25) is 0 Å². The Morgan fingerprint density at radius 3 is 2.44 bits per heavy atom. The van der Waals surface area contributed by atoms with Gasteiger partial charge in [-0.05, 0) is 26.0 Å². The Hall–Kier alpha value is -1.75. The van der Waals surface area contributed by atoms with Crippen LogP contribution in [-0.2, 0) is 9.53 Å². The molecule has 0 aliphatic carbocycles. The Balaban J connectivity index is 3.00. The van der Waals surface area contributed by atoms with Gasteiger partial charge in [0.2, 0.25) is 0 Å². The van der Waals surface area contributed by atoms with Gasteiger partial charge in [-0.15, -0.1) is 0 Å². The van der Waals surface area contributed by atoms with Crippen LogP contribution >= 0.6 is 0 Å². The highest BCUT2D eigenvalue weighted by molar-refractivity contribution is 5.74. The number of benzene rings is 1. The normalized spacial score (nSPS) is 13.6. The van der Waals surface area contributed by atoms with E-state index in [0.29, 0.717) is 17.1 Å². The van der Waals surface area contributed by atoms with Crippen LogP contribution in [0.25, 0.3) is 0 Å². The van der Waals surface area contributed by atoms with Crippen LogP contribution in [0.1, 0.15) is 25.5 Å². The number of methoxy groups -OCH3 is 2. The second-order valence-corrected chi connectivity index (χ2v) is 3.86. The lowest BCUT2D eigenvalue weighted by molar-refractivity contribution is -0.148. The molecule has 100 valence electrons. The second kappa shape index (κ2) is 6.26. The Kier molecular flexibility index (Phi) is 4.97. The van der Waals surface area contributed by atoms with E-state index in [1.54, 1.807) is 32.0 Å². The van der Waals surface area contributed by atoms with Crippen molar-refractivity contribution in [3.05, 3.63) is 23.8 Å².